The van der Waals surface area contributed by atoms with E-state index in [4.69, 9.17) is 10.5 Å². The first-order valence-electron chi connectivity index (χ1n) is 11.0. The molecule has 1 amide bonds. The number of pyridine rings is 1. The molecular formula is C24H28FN5O2. The Bertz CT molecular complexity index is 1160. The Morgan fingerprint density at radius 3 is 2.84 bits per heavy atom. The Labute approximate surface area is 186 Å². The van der Waals surface area contributed by atoms with Crippen LogP contribution in [0.5, 0.6) is 11.5 Å². The molecular weight excluding hydrogens is 409 g/mol. The number of aromatic amines is 1. The van der Waals surface area contributed by atoms with Crippen LogP contribution in [0.4, 0.5) is 4.39 Å². The molecule has 7 nitrogen and oxygen atoms in total. The predicted octanol–water partition coefficient (Wildman–Crippen LogP) is 2.84. The summed E-state index contributed by atoms with van der Waals surface area (Å²) in [7, 11) is 2.10. The molecule has 4 heterocycles. The summed E-state index contributed by atoms with van der Waals surface area (Å²) in [6, 6.07) is 7.30. The number of hydrogen-bond donors (Lipinski definition) is 2. The van der Waals surface area contributed by atoms with Gasteiger partial charge in [-0.15, -0.1) is 0 Å². The van der Waals surface area contributed by atoms with Crippen molar-refractivity contribution in [3.8, 4) is 11.5 Å². The molecule has 1 unspecified atom stereocenters. The van der Waals surface area contributed by atoms with Crippen molar-refractivity contribution < 1.29 is 13.9 Å². The largest absolute Gasteiger partial charge is 0.453 e. The predicted molar refractivity (Wildman–Crippen MR) is 120 cm³/mol. The molecule has 0 radical (unpaired) electrons. The zero-order valence-corrected chi connectivity index (χ0v) is 18.3. The van der Waals surface area contributed by atoms with Gasteiger partial charge in [0.25, 0.3) is 0 Å². The molecule has 8 heteroatoms. The monoisotopic (exact) mass is 437 g/mol. The van der Waals surface area contributed by atoms with E-state index in [9.17, 15) is 9.18 Å². The van der Waals surface area contributed by atoms with Crippen molar-refractivity contribution >= 4 is 16.9 Å². The Kier molecular flexibility index (Phi) is 5.35. The number of rotatable bonds is 6. The second-order valence-electron chi connectivity index (χ2n) is 8.98. The van der Waals surface area contributed by atoms with Crippen LogP contribution in [-0.2, 0) is 11.2 Å². The Balaban J connectivity index is 1.30. The van der Waals surface area contributed by atoms with Gasteiger partial charge < -0.3 is 20.4 Å². The van der Waals surface area contributed by atoms with E-state index in [1.807, 2.05) is 18.0 Å². The summed E-state index contributed by atoms with van der Waals surface area (Å²) in [4.78, 5) is 24.7. The molecule has 3 N–H and O–H groups in total. The quantitative estimate of drug-likeness (QED) is 0.619. The van der Waals surface area contributed by atoms with E-state index in [2.05, 4.69) is 21.9 Å². The van der Waals surface area contributed by atoms with Crippen LogP contribution >= 0.6 is 0 Å². The van der Waals surface area contributed by atoms with E-state index >= 15 is 0 Å². The number of carbonyl (C=O) groups excluding carboxylic acids is 1. The van der Waals surface area contributed by atoms with Gasteiger partial charge in [-0.25, -0.2) is 9.37 Å². The van der Waals surface area contributed by atoms with Crippen molar-refractivity contribution in [3.63, 3.8) is 0 Å². The summed E-state index contributed by atoms with van der Waals surface area (Å²) < 4.78 is 20.8. The Morgan fingerprint density at radius 2 is 2.16 bits per heavy atom. The minimum Gasteiger partial charge on any atom is -0.453 e. The third-order valence-electron chi connectivity index (χ3n) is 6.86. The number of nitrogens with zero attached hydrogens (tertiary/aromatic N) is 3. The molecule has 168 valence electrons. The second kappa shape index (κ2) is 8.18. The van der Waals surface area contributed by atoms with Gasteiger partial charge in [-0.3, -0.25) is 9.69 Å². The number of aryl methyl sites for hydroxylation is 1. The number of fused-ring (bicyclic) bond motifs is 3. The van der Waals surface area contributed by atoms with Crippen LogP contribution in [0.3, 0.4) is 0 Å². The molecule has 2 aromatic heterocycles. The summed E-state index contributed by atoms with van der Waals surface area (Å²) in [5.74, 6) is -0.0587. The highest BCUT2D eigenvalue weighted by Crippen LogP contribution is 2.33. The van der Waals surface area contributed by atoms with Gasteiger partial charge in [0.2, 0.25) is 5.91 Å². The number of piperazine rings is 1. The third-order valence-corrected chi connectivity index (χ3v) is 6.86. The van der Waals surface area contributed by atoms with Gasteiger partial charge in [0.15, 0.2) is 11.6 Å². The molecule has 1 aromatic carbocycles. The molecule has 32 heavy (non-hydrogen) atoms. The smallest absolute Gasteiger partial charge is 0.227 e. The van der Waals surface area contributed by atoms with Gasteiger partial charge in [0.1, 0.15) is 11.4 Å². The lowest BCUT2D eigenvalue weighted by atomic mass is 9.97. The standard InChI is InChI=1S/C24H28FN5O2/c1-14-11-28-23-22(14)21(5-6-27-23)32-20-4-3-15(8-19(20)25)7-16(10-26)24(31)30-13-17-9-18(30)12-29(17)2/h3-6,8,11,16-18H,7,9-10,12-13,26H2,1-2H3,(H,27,28)/t16?,17-,18-/m0/s1. The van der Waals surface area contributed by atoms with Gasteiger partial charge in [0.05, 0.1) is 11.3 Å². The first-order chi connectivity index (χ1) is 15.4. The lowest BCUT2D eigenvalue weighted by molar-refractivity contribution is -0.137. The van der Waals surface area contributed by atoms with Crippen molar-refractivity contribution in [2.24, 2.45) is 11.7 Å². The number of hydrogen-bond acceptors (Lipinski definition) is 5. The first-order valence-corrected chi connectivity index (χ1v) is 11.0. The zero-order valence-electron chi connectivity index (χ0n) is 18.3. The van der Waals surface area contributed by atoms with Gasteiger partial charge in [-0.2, -0.15) is 0 Å². The zero-order chi connectivity index (χ0) is 22.4. The van der Waals surface area contributed by atoms with Crippen LogP contribution in [0, 0.1) is 18.7 Å². The van der Waals surface area contributed by atoms with Crippen LogP contribution in [0.1, 0.15) is 17.5 Å². The molecule has 2 fully saturated rings. The molecule has 5 rings (SSSR count). The van der Waals surface area contributed by atoms with E-state index in [1.165, 1.54) is 6.07 Å². The fourth-order valence-corrected chi connectivity index (χ4v) is 5.07. The summed E-state index contributed by atoms with van der Waals surface area (Å²) in [5, 5.41) is 0.829. The molecule has 0 spiro atoms. The van der Waals surface area contributed by atoms with E-state index in [0.717, 1.165) is 36.0 Å². The lowest BCUT2D eigenvalue weighted by Gasteiger charge is -2.34. The fraction of sp³-hybridized carbons (Fsp3) is 0.417. The van der Waals surface area contributed by atoms with Crippen molar-refractivity contribution in [2.45, 2.75) is 31.8 Å². The first kappa shape index (κ1) is 20.9. The molecule has 2 saturated heterocycles. The minimum atomic E-state index is -0.467. The van der Waals surface area contributed by atoms with Crippen molar-refractivity contribution in [2.75, 3.05) is 26.7 Å². The second-order valence-corrected chi connectivity index (χ2v) is 8.98. The van der Waals surface area contributed by atoms with E-state index in [-0.39, 0.29) is 30.2 Å². The van der Waals surface area contributed by atoms with Crippen LogP contribution in [-0.4, -0.2) is 64.4 Å². The van der Waals surface area contributed by atoms with Crippen LogP contribution < -0.4 is 10.5 Å². The van der Waals surface area contributed by atoms with Gasteiger partial charge in [0, 0.05) is 44.1 Å². The minimum absolute atomic E-state index is 0.0796. The number of H-pyrrole nitrogens is 1. The summed E-state index contributed by atoms with van der Waals surface area (Å²) in [6.07, 6.45) is 4.91. The van der Waals surface area contributed by atoms with E-state index in [0.29, 0.717) is 23.9 Å². The van der Waals surface area contributed by atoms with Crippen molar-refractivity contribution in [1.82, 2.24) is 19.8 Å². The van der Waals surface area contributed by atoms with E-state index in [1.54, 1.807) is 24.4 Å². The normalized spacial score (nSPS) is 21.4. The van der Waals surface area contributed by atoms with Gasteiger partial charge in [-0.05, 0) is 56.1 Å². The number of benzene rings is 1. The van der Waals surface area contributed by atoms with Gasteiger partial charge in [-0.1, -0.05) is 6.07 Å². The topological polar surface area (TPSA) is 87.5 Å². The molecule has 3 atom stereocenters. The average Bonchev–Trinajstić information content (AvgIpc) is 3.48. The third kappa shape index (κ3) is 3.63. The number of amides is 1. The summed E-state index contributed by atoms with van der Waals surface area (Å²) >= 11 is 0. The highest BCUT2D eigenvalue weighted by atomic mass is 19.1. The number of carbonyl (C=O) groups is 1. The molecule has 3 aromatic rings. The number of halogens is 1. The van der Waals surface area contributed by atoms with E-state index < -0.39 is 5.82 Å². The number of nitrogens with one attached hydrogen (secondary N) is 1. The Morgan fingerprint density at radius 1 is 1.31 bits per heavy atom. The summed E-state index contributed by atoms with van der Waals surface area (Å²) in [5.41, 5.74) is 8.37. The molecule has 2 aliphatic heterocycles. The number of likely N-dealkylation sites (tertiary alicyclic amines) is 2. The number of aromatic nitrogens is 2. The van der Waals surface area contributed by atoms with Crippen LogP contribution in [0.15, 0.2) is 36.7 Å². The SMILES string of the molecule is Cc1c[nH]c2nccc(Oc3ccc(CC(CN)C(=O)N4C[C@@H]5C[C@H]4CN5C)cc3F)c12. The maximum absolute atomic E-state index is 14.9. The molecule has 2 bridgehead atoms. The molecule has 2 aliphatic rings. The number of nitrogens with two attached hydrogens (primary N) is 1. The van der Waals surface area contributed by atoms with Crippen molar-refractivity contribution in [3.05, 3.63) is 53.6 Å². The average molecular weight is 438 g/mol. The van der Waals surface area contributed by atoms with Crippen LogP contribution in [0.25, 0.3) is 11.0 Å². The lowest BCUT2D eigenvalue weighted by Crippen LogP contribution is -2.50. The highest BCUT2D eigenvalue weighted by Gasteiger charge is 2.44. The number of ether oxygens (including phenoxy) is 1. The molecule has 0 aliphatic carbocycles. The maximum Gasteiger partial charge on any atom is 0.227 e. The van der Waals surface area contributed by atoms with Gasteiger partial charge >= 0.3 is 0 Å². The van der Waals surface area contributed by atoms with Crippen molar-refractivity contribution in [1.29, 1.82) is 0 Å². The molecule has 0 saturated carbocycles. The number of likely N-dealkylation sites (N-methyl/N-ethyl adjacent to an activating group) is 1. The van der Waals surface area contributed by atoms with Crippen LogP contribution in [0.2, 0.25) is 0 Å². The summed E-state index contributed by atoms with van der Waals surface area (Å²) in [6.45, 7) is 3.86. The Hall–Kier alpha value is -2.97. The highest BCUT2D eigenvalue weighted by molar-refractivity contribution is 5.86. The maximum atomic E-state index is 14.9. The fourth-order valence-electron chi connectivity index (χ4n) is 5.07.